The summed E-state index contributed by atoms with van der Waals surface area (Å²) in [6.07, 6.45) is 3.58. The Morgan fingerprint density at radius 3 is 2.50 bits per heavy atom. The minimum Gasteiger partial charge on any atom is -0.393 e. The zero-order valence-corrected chi connectivity index (χ0v) is 7.18. The molecular weight excluding hydrogens is 124 g/mol. The van der Waals surface area contributed by atoms with Gasteiger partial charge in [0.05, 0.1) is 0 Å². The van der Waals surface area contributed by atoms with Crippen molar-refractivity contribution < 1.29 is 0 Å². The van der Waals surface area contributed by atoms with Crippen LogP contribution in [0.2, 0.25) is 0 Å². The van der Waals surface area contributed by atoms with E-state index in [4.69, 9.17) is 0 Å². The Balaban J connectivity index is 3.79. The first-order valence-corrected chi connectivity index (χ1v) is 3.55. The van der Waals surface area contributed by atoms with Gasteiger partial charge in [-0.3, -0.25) is 4.99 Å². The van der Waals surface area contributed by atoms with Gasteiger partial charge in [-0.2, -0.15) is 0 Å². The minimum absolute atomic E-state index is 0.543. The lowest BCUT2D eigenvalue weighted by Gasteiger charge is -1.99. The Morgan fingerprint density at radius 2 is 2.10 bits per heavy atom. The molecule has 0 rings (SSSR count). The van der Waals surface area contributed by atoms with Gasteiger partial charge in [-0.1, -0.05) is 13.8 Å². The van der Waals surface area contributed by atoms with Crippen molar-refractivity contribution in [3.05, 3.63) is 12.4 Å². The molecule has 0 saturated carbocycles. The Bertz CT molecular complexity index is 134. The Labute approximate surface area is 63.0 Å². The molecule has 0 aromatic carbocycles. The Hall–Kier alpha value is -0.790. The summed E-state index contributed by atoms with van der Waals surface area (Å²) in [5.74, 6) is 0.543. The summed E-state index contributed by atoms with van der Waals surface area (Å²) >= 11 is 0. The van der Waals surface area contributed by atoms with Crippen LogP contribution in [-0.4, -0.2) is 12.8 Å². The van der Waals surface area contributed by atoms with Gasteiger partial charge < -0.3 is 5.32 Å². The van der Waals surface area contributed by atoms with Crippen molar-refractivity contribution in [1.29, 1.82) is 0 Å². The third-order valence-electron chi connectivity index (χ3n) is 1.35. The Kier molecular flexibility index (Phi) is 4.63. The van der Waals surface area contributed by atoms with Crippen LogP contribution in [0.15, 0.2) is 17.4 Å². The molecule has 2 heteroatoms. The quantitative estimate of drug-likeness (QED) is 0.594. The summed E-state index contributed by atoms with van der Waals surface area (Å²) in [5, 5.41) is 2.87. The largest absolute Gasteiger partial charge is 0.393 e. The molecule has 0 aliphatic rings. The summed E-state index contributed by atoms with van der Waals surface area (Å²) in [7, 11) is 1.86. The molecule has 0 bridgehead atoms. The monoisotopic (exact) mass is 140 g/mol. The van der Waals surface area contributed by atoms with Gasteiger partial charge in [-0.25, -0.2) is 0 Å². The molecule has 2 nitrogen and oxygen atoms in total. The highest BCUT2D eigenvalue weighted by Gasteiger charge is 1.93. The van der Waals surface area contributed by atoms with Crippen LogP contribution >= 0.6 is 0 Å². The molecule has 0 aromatic heterocycles. The molecule has 0 fully saturated rings. The predicted molar refractivity (Wildman–Crippen MR) is 46.1 cm³/mol. The third-order valence-corrected chi connectivity index (χ3v) is 1.35. The van der Waals surface area contributed by atoms with Gasteiger partial charge in [0.25, 0.3) is 0 Å². The van der Waals surface area contributed by atoms with Gasteiger partial charge in [-0.15, -0.1) is 0 Å². The smallest absolute Gasteiger partial charge is 0.0423 e. The molecule has 0 spiro atoms. The molecule has 1 N–H and O–H groups in total. The van der Waals surface area contributed by atoms with E-state index in [1.54, 1.807) is 6.20 Å². The summed E-state index contributed by atoms with van der Waals surface area (Å²) in [4.78, 5) is 4.19. The average molecular weight is 140 g/mol. The molecule has 0 unspecified atom stereocenters. The minimum atomic E-state index is 0.543. The van der Waals surface area contributed by atoms with Crippen molar-refractivity contribution in [3.63, 3.8) is 0 Å². The summed E-state index contributed by atoms with van der Waals surface area (Å²) < 4.78 is 0. The molecule has 0 aromatic rings. The maximum atomic E-state index is 4.19. The lowest BCUT2D eigenvalue weighted by Crippen LogP contribution is -2.00. The average Bonchev–Trinajstić information content (AvgIpc) is 1.88. The second-order valence-corrected chi connectivity index (χ2v) is 2.53. The maximum absolute atomic E-state index is 4.19. The number of nitrogens with zero attached hydrogens (tertiary/aromatic N) is 1. The standard InChI is InChI=1S/C8H16N2/c1-7(2)8(3)10-6-5-9-4/h5-7,9H,1-4H3/b6-5-,10-8?. The van der Waals surface area contributed by atoms with Gasteiger partial charge in [-0.05, 0) is 12.8 Å². The van der Waals surface area contributed by atoms with E-state index >= 15 is 0 Å². The highest BCUT2D eigenvalue weighted by atomic mass is 14.8. The first-order valence-electron chi connectivity index (χ1n) is 3.55. The van der Waals surface area contributed by atoms with Crippen LogP contribution in [0.5, 0.6) is 0 Å². The molecule has 0 radical (unpaired) electrons. The first-order chi connectivity index (χ1) is 4.68. The van der Waals surface area contributed by atoms with Gasteiger partial charge in [0.15, 0.2) is 0 Å². The van der Waals surface area contributed by atoms with Crippen LogP contribution in [-0.2, 0) is 0 Å². The number of hydrogen-bond donors (Lipinski definition) is 1. The molecule has 10 heavy (non-hydrogen) atoms. The lowest BCUT2D eigenvalue weighted by molar-refractivity contribution is 0.878. The van der Waals surface area contributed by atoms with E-state index in [0.29, 0.717) is 5.92 Å². The van der Waals surface area contributed by atoms with E-state index in [-0.39, 0.29) is 0 Å². The van der Waals surface area contributed by atoms with Crippen molar-refractivity contribution in [2.24, 2.45) is 10.9 Å². The van der Waals surface area contributed by atoms with E-state index < -0.39 is 0 Å². The molecule has 0 amide bonds. The van der Waals surface area contributed by atoms with E-state index in [1.165, 1.54) is 0 Å². The van der Waals surface area contributed by atoms with Crippen LogP contribution < -0.4 is 5.32 Å². The normalized spacial score (nSPS) is 13.1. The zero-order chi connectivity index (χ0) is 7.98. The van der Waals surface area contributed by atoms with E-state index in [1.807, 2.05) is 20.2 Å². The molecular formula is C8H16N2. The number of rotatable bonds is 3. The summed E-state index contributed by atoms with van der Waals surface area (Å²) in [5.41, 5.74) is 1.16. The summed E-state index contributed by atoms with van der Waals surface area (Å²) in [6, 6.07) is 0. The van der Waals surface area contributed by atoms with Gasteiger partial charge in [0.1, 0.15) is 0 Å². The highest BCUT2D eigenvalue weighted by molar-refractivity contribution is 5.84. The van der Waals surface area contributed by atoms with Gasteiger partial charge in [0.2, 0.25) is 0 Å². The molecule has 0 saturated heterocycles. The van der Waals surface area contributed by atoms with Crippen molar-refractivity contribution in [3.8, 4) is 0 Å². The fourth-order valence-electron chi connectivity index (χ4n) is 0.378. The van der Waals surface area contributed by atoms with Gasteiger partial charge >= 0.3 is 0 Å². The fraction of sp³-hybridized carbons (Fsp3) is 0.625. The van der Waals surface area contributed by atoms with Crippen LogP contribution in [0.4, 0.5) is 0 Å². The van der Waals surface area contributed by atoms with E-state index in [2.05, 4.69) is 24.2 Å². The van der Waals surface area contributed by atoms with E-state index in [0.717, 1.165) is 5.71 Å². The second-order valence-electron chi connectivity index (χ2n) is 2.53. The topological polar surface area (TPSA) is 24.4 Å². The SMILES string of the molecule is CN/C=C\N=C(C)C(C)C. The van der Waals surface area contributed by atoms with Crippen LogP contribution in [0.3, 0.4) is 0 Å². The maximum Gasteiger partial charge on any atom is 0.0423 e. The second kappa shape index (κ2) is 5.03. The molecule has 0 aliphatic carbocycles. The van der Waals surface area contributed by atoms with Gasteiger partial charge in [0, 0.05) is 25.2 Å². The van der Waals surface area contributed by atoms with Crippen LogP contribution in [0, 0.1) is 5.92 Å². The fourth-order valence-corrected chi connectivity index (χ4v) is 0.378. The molecule has 0 atom stereocenters. The number of nitrogens with one attached hydrogen (secondary N) is 1. The van der Waals surface area contributed by atoms with E-state index in [9.17, 15) is 0 Å². The molecule has 0 aliphatic heterocycles. The molecule has 0 heterocycles. The highest BCUT2D eigenvalue weighted by Crippen LogP contribution is 1.95. The van der Waals surface area contributed by atoms with Crippen molar-refractivity contribution in [1.82, 2.24) is 5.32 Å². The van der Waals surface area contributed by atoms with Crippen molar-refractivity contribution >= 4 is 5.71 Å². The van der Waals surface area contributed by atoms with Crippen LogP contribution in [0.1, 0.15) is 20.8 Å². The zero-order valence-electron chi connectivity index (χ0n) is 7.18. The molecule has 58 valence electrons. The first kappa shape index (κ1) is 9.21. The van der Waals surface area contributed by atoms with Crippen LogP contribution in [0.25, 0.3) is 0 Å². The van der Waals surface area contributed by atoms with Crippen molar-refractivity contribution in [2.45, 2.75) is 20.8 Å². The summed E-state index contributed by atoms with van der Waals surface area (Å²) in [6.45, 7) is 6.29. The third kappa shape index (κ3) is 4.13. The predicted octanol–water partition coefficient (Wildman–Crippen LogP) is 1.79. The lowest BCUT2D eigenvalue weighted by atomic mass is 10.1. The number of aliphatic imine (C=N–C) groups is 1. The Morgan fingerprint density at radius 1 is 1.50 bits per heavy atom. The number of hydrogen-bond acceptors (Lipinski definition) is 2. The van der Waals surface area contributed by atoms with Crippen molar-refractivity contribution in [2.75, 3.05) is 7.05 Å².